The smallest absolute Gasteiger partial charge is 0.0446 e. The van der Waals surface area contributed by atoms with E-state index in [2.05, 4.69) is 102 Å². The maximum absolute atomic E-state index is 2.46. The molecule has 0 N–H and O–H groups in total. The summed E-state index contributed by atoms with van der Waals surface area (Å²) in [5, 5.41) is 0. The molecule has 1 aliphatic rings. The third kappa shape index (κ3) is 1.73. The van der Waals surface area contributed by atoms with Crippen LogP contribution in [-0.4, -0.2) is 0 Å². The molecular formula is C20H15I. The standard InChI is InChI=1S/C20H15I/c1-20(18-12-6-7-13-19(18)21)16-10-4-2-8-14(16)15-9-3-5-11-17(15)20/h2-13H,1H3. The van der Waals surface area contributed by atoms with Gasteiger partial charge in [-0.1, -0.05) is 66.7 Å². The van der Waals surface area contributed by atoms with Gasteiger partial charge < -0.3 is 0 Å². The fourth-order valence-electron chi connectivity index (χ4n) is 3.61. The first-order chi connectivity index (χ1) is 10.2. The Labute approximate surface area is 139 Å². The summed E-state index contributed by atoms with van der Waals surface area (Å²) < 4.78 is 1.32. The lowest BCUT2D eigenvalue weighted by molar-refractivity contribution is 0.709. The number of fused-ring (bicyclic) bond motifs is 3. The molecule has 0 amide bonds. The van der Waals surface area contributed by atoms with E-state index < -0.39 is 0 Å². The highest BCUT2D eigenvalue weighted by atomic mass is 127. The van der Waals surface area contributed by atoms with E-state index in [1.165, 1.54) is 31.4 Å². The van der Waals surface area contributed by atoms with Crippen molar-refractivity contribution in [1.29, 1.82) is 0 Å². The third-order valence-electron chi connectivity index (χ3n) is 4.63. The first kappa shape index (κ1) is 13.1. The molecule has 3 aromatic carbocycles. The summed E-state index contributed by atoms with van der Waals surface area (Å²) in [5.41, 5.74) is 6.89. The molecule has 21 heavy (non-hydrogen) atoms. The van der Waals surface area contributed by atoms with Gasteiger partial charge in [0.05, 0.1) is 0 Å². The second kappa shape index (κ2) is 4.70. The summed E-state index contributed by atoms with van der Waals surface area (Å²) in [7, 11) is 0. The number of halogens is 1. The monoisotopic (exact) mass is 382 g/mol. The van der Waals surface area contributed by atoms with Crippen molar-refractivity contribution in [3.63, 3.8) is 0 Å². The molecule has 1 aliphatic carbocycles. The molecule has 3 aromatic rings. The molecule has 0 atom stereocenters. The average molecular weight is 382 g/mol. The number of benzene rings is 3. The van der Waals surface area contributed by atoms with E-state index in [0.29, 0.717) is 0 Å². The van der Waals surface area contributed by atoms with E-state index in [-0.39, 0.29) is 5.41 Å². The van der Waals surface area contributed by atoms with Crippen molar-refractivity contribution in [3.8, 4) is 11.1 Å². The van der Waals surface area contributed by atoms with Gasteiger partial charge in [-0.3, -0.25) is 0 Å². The van der Waals surface area contributed by atoms with Crippen LogP contribution in [0.1, 0.15) is 23.6 Å². The Bertz CT molecular complexity index is 787. The van der Waals surface area contributed by atoms with Gasteiger partial charge in [0, 0.05) is 8.99 Å². The predicted octanol–water partition coefficient (Wildman–Crippen LogP) is 5.63. The molecule has 0 unspecified atom stereocenters. The lowest BCUT2D eigenvalue weighted by atomic mass is 9.74. The SMILES string of the molecule is CC1(c2ccccc2I)c2ccccc2-c2ccccc21. The van der Waals surface area contributed by atoms with E-state index in [1.807, 2.05) is 0 Å². The van der Waals surface area contributed by atoms with E-state index in [9.17, 15) is 0 Å². The summed E-state index contributed by atoms with van der Waals surface area (Å²) >= 11 is 2.46. The van der Waals surface area contributed by atoms with Crippen molar-refractivity contribution in [3.05, 3.63) is 93.1 Å². The maximum Gasteiger partial charge on any atom is 0.0446 e. The van der Waals surface area contributed by atoms with Crippen molar-refractivity contribution in [2.75, 3.05) is 0 Å². The van der Waals surface area contributed by atoms with Gasteiger partial charge in [-0.2, -0.15) is 0 Å². The molecule has 0 nitrogen and oxygen atoms in total. The second-order valence-electron chi connectivity index (χ2n) is 5.70. The minimum absolute atomic E-state index is 0.0645. The molecule has 0 heterocycles. The summed E-state index contributed by atoms with van der Waals surface area (Å²) in [6.07, 6.45) is 0. The highest BCUT2D eigenvalue weighted by Gasteiger charge is 2.41. The van der Waals surface area contributed by atoms with Crippen LogP contribution in [0.5, 0.6) is 0 Å². The highest BCUT2D eigenvalue weighted by Crippen LogP contribution is 2.52. The van der Waals surface area contributed by atoms with Gasteiger partial charge in [0.1, 0.15) is 0 Å². The molecule has 0 aromatic heterocycles. The van der Waals surface area contributed by atoms with Crippen LogP contribution in [-0.2, 0) is 5.41 Å². The Hall–Kier alpha value is -1.61. The second-order valence-corrected chi connectivity index (χ2v) is 6.86. The largest absolute Gasteiger partial charge is 0.0619 e. The zero-order valence-electron chi connectivity index (χ0n) is 11.8. The number of hydrogen-bond donors (Lipinski definition) is 0. The third-order valence-corrected chi connectivity index (χ3v) is 5.57. The van der Waals surface area contributed by atoms with Crippen LogP contribution in [0.2, 0.25) is 0 Å². The highest BCUT2D eigenvalue weighted by molar-refractivity contribution is 14.1. The summed E-state index contributed by atoms with van der Waals surface area (Å²) in [4.78, 5) is 0. The summed E-state index contributed by atoms with van der Waals surface area (Å²) in [5.74, 6) is 0. The quantitative estimate of drug-likeness (QED) is 0.479. The van der Waals surface area contributed by atoms with Gasteiger partial charge in [-0.25, -0.2) is 0 Å². The van der Waals surface area contributed by atoms with Gasteiger partial charge in [0.15, 0.2) is 0 Å². The molecule has 4 rings (SSSR count). The van der Waals surface area contributed by atoms with Crippen molar-refractivity contribution >= 4 is 22.6 Å². The van der Waals surface area contributed by atoms with Crippen molar-refractivity contribution < 1.29 is 0 Å². The van der Waals surface area contributed by atoms with Gasteiger partial charge in [-0.15, -0.1) is 0 Å². The van der Waals surface area contributed by atoms with E-state index >= 15 is 0 Å². The molecule has 0 spiro atoms. The Balaban J connectivity index is 2.12. The Morgan fingerprint density at radius 1 is 0.619 bits per heavy atom. The molecule has 0 fully saturated rings. The van der Waals surface area contributed by atoms with Crippen molar-refractivity contribution in [2.45, 2.75) is 12.3 Å². The first-order valence-electron chi connectivity index (χ1n) is 7.17. The van der Waals surface area contributed by atoms with E-state index in [0.717, 1.165) is 0 Å². The average Bonchev–Trinajstić information content (AvgIpc) is 2.79. The lowest BCUT2D eigenvalue weighted by Crippen LogP contribution is -2.23. The van der Waals surface area contributed by atoms with Crippen LogP contribution < -0.4 is 0 Å². The van der Waals surface area contributed by atoms with Gasteiger partial charge in [0.25, 0.3) is 0 Å². The molecule has 0 bridgehead atoms. The van der Waals surface area contributed by atoms with Crippen molar-refractivity contribution in [1.82, 2.24) is 0 Å². The van der Waals surface area contributed by atoms with E-state index in [1.54, 1.807) is 0 Å². The van der Waals surface area contributed by atoms with Gasteiger partial charge in [-0.05, 0) is 63.4 Å². The minimum Gasteiger partial charge on any atom is -0.0619 e. The van der Waals surface area contributed by atoms with Crippen LogP contribution in [0, 0.1) is 3.57 Å². The number of rotatable bonds is 1. The molecule has 102 valence electrons. The zero-order valence-corrected chi connectivity index (χ0v) is 14.0. The summed E-state index contributed by atoms with van der Waals surface area (Å²) in [6, 6.07) is 26.3. The zero-order chi connectivity index (χ0) is 14.4. The molecular weight excluding hydrogens is 367 g/mol. The fraction of sp³-hybridized carbons (Fsp3) is 0.100. The van der Waals surface area contributed by atoms with Crippen LogP contribution in [0.4, 0.5) is 0 Å². The number of hydrogen-bond acceptors (Lipinski definition) is 0. The lowest BCUT2D eigenvalue weighted by Gasteiger charge is -2.29. The molecule has 0 saturated carbocycles. The van der Waals surface area contributed by atoms with Gasteiger partial charge >= 0.3 is 0 Å². The Kier molecular flexibility index (Phi) is 2.93. The molecule has 1 heteroatoms. The molecule has 0 saturated heterocycles. The predicted molar refractivity (Wildman–Crippen MR) is 96.6 cm³/mol. The minimum atomic E-state index is -0.0645. The maximum atomic E-state index is 2.46. The first-order valence-corrected chi connectivity index (χ1v) is 8.25. The Morgan fingerprint density at radius 3 is 1.57 bits per heavy atom. The topological polar surface area (TPSA) is 0 Å². The van der Waals surface area contributed by atoms with Gasteiger partial charge in [0.2, 0.25) is 0 Å². The van der Waals surface area contributed by atoms with Crippen LogP contribution in [0.15, 0.2) is 72.8 Å². The Morgan fingerprint density at radius 2 is 1.05 bits per heavy atom. The summed E-state index contributed by atoms with van der Waals surface area (Å²) in [6.45, 7) is 2.36. The van der Waals surface area contributed by atoms with Crippen molar-refractivity contribution in [2.24, 2.45) is 0 Å². The van der Waals surface area contributed by atoms with E-state index in [4.69, 9.17) is 0 Å². The van der Waals surface area contributed by atoms with Crippen LogP contribution in [0.3, 0.4) is 0 Å². The molecule has 0 aliphatic heterocycles. The van der Waals surface area contributed by atoms with Crippen LogP contribution in [0.25, 0.3) is 11.1 Å². The van der Waals surface area contributed by atoms with Crippen LogP contribution >= 0.6 is 22.6 Å². The normalized spacial score (nSPS) is 14.6. The fourth-order valence-corrected chi connectivity index (χ4v) is 4.54. The molecule has 0 radical (unpaired) electrons.